The predicted octanol–water partition coefficient (Wildman–Crippen LogP) is 3.71. The van der Waals surface area contributed by atoms with Gasteiger partial charge >= 0.3 is 0 Å². The molecule has 1 aliphatic heterocycles. The van der Waals surface area contributed by atoms with Crippen LogP contribution in [0.1, 0.15) is 37.0 Å². The van der Waals surface area contributed by atoms with Gasteiger partial charge in [0.05, 0.1) is 0 Å². The van der Waals surface area contributed by atoms with Crippen LogP contribution in [-0.4, -0.2) is 13.6 Å². The van der Waals surface area contributed by atoms with Crippen molar-refractivity contribution in [2.24, 2.45) is 0 Å². The molecule has 0 fully saturated rings. The number of anilines is 1. The van der Waals surface area contributed by atoms with E-state index in [4.69, 9.17) is 0 Å². The average molecular weight is 205 g/mol. The van der Waals surface area contributed by atoms with Crippen molar-refractivity contribution < 1.29 is 0 Å². The largest absolute Gasteiger partial charge is 0.374 e. The summed E-state index contributed by atoms with van der Waals surface area (Å²) < 4.78 is 0. The number of hydrogen-bond acceptors (Lipinski definition) is 1. The number of benzene rings is 1. The van der Waals surface area contributed by atoms with E-state index in [9.17, 15) is 0 Å². The average Bonchev–Trinajstić information content (AvgIpc) is 2.19. The lowest BCUT2D eigenvalue weighted by Crippen LogP contribution is -2.25. The fourth-order valence-electron chi connectivity index (χ4n) is 2.40. The highest BCUT2D eigenvalue weighted by Crippen LogP contribution is 2.30. The van der Waals surface area contributed by atoms with Crippen LogP contribution in [0.15, 0.2) is 12.1 Å². The first kappa shape index (κ1) is 12.1. The minimum atomic E-state index is 1.21. The fraction of sp³-hybridized carbons (Fsp3) is 0.571. The predicted molar refractivity (Wildman–Crippen MR) is 68.9 cm³/mol. The zero-order valence-electron chi connectivity index (χ0n) is 10.7. The summed E-state index contributed by atoms with van der Waals surface area (Å²) in [6.07, 6.45) is 2.55. The second-order valence-corrected chi connectivity index (χ2v) is 4.11. The van der Waals surface area contributed by atoms with Gasteiger partial charge in [0.25, 0.3) is 0 Å². The first-order valence-electron chi connectivity index (χ1n) is 6.00. The number of aryl methyl sites for hydroxylation is 3. The van der Waals surface area contributed by atoms with Gasteiger partial charge in [0, 0.05) is 19.3 Å². The van der Waals surface area contributed by atoms with Crippen LogP contribution in [0, 0.1) is 13.8 Å². The van der Waals surface area contributed by atoms with Crippen LogP contribution in [0.4, 0.5) is 5.69 Å². The summed E-state index contributed by atoms with van der Waals surface area (Å²) in [6.45, 7) is 9.60. The number of rotatable bonds is 0. The van der Waals surface area contributed by atoms with Gasteiger partial charge < -0.3 is 4.90 Å². The van der Waals surface area contributed by atoms with E-state index in [0.717, 1.165) is 0 Å². The molecule has 0 saturated carbocycles. The van der Waals surface area contributed by atoms with Crippen LogP contribution in [0.2, 0.25) is 0 Å². The Morgan fingerprint density at radius 1 is 1.13 bits per heavy atom. The van der Waals surface area contributed by atoms with E-state index in [1.165, 1.54) is 41.8 Å². The Labute approximate surface area is 94.1 Å². The first-order chi connectivity index (χ1) is 7.18. The summed E-state index contributed by atoms with van der Waals surface area (Å²) in [7, 11) is 2.19. The monoisotopic (exact) mass is 205 g/mol. The van der Waals surface area contributed by atoms with Gasteiger partial charge in [-0.25, -0.2) is 0 Å². The SMILES string of the molecule is CC.Cc1cc(C)c2c(c1)CCCN2C. The van der Waals surface area contributed by atoms with Gasteiger partial charge in [-0.15, -0.1) is 0 Å². The molecule has 0 aliphatic carbocycles. The van der Waals surface area contributed by atoms with Crippen LogP contribution < -0.4 is 4.90 Å². The number of hydrogen-bond donors (Lipinski definition) is 0. The third kappa shape index (κ3) is 2.53. The lowest BCUT2D eigenvalue weighted by atomic mass is 9.96. The van der Waals surface area contributed by atoms with Gasteiger partial charge in [0.1, 0.15) is 0 Å². The Balaban J connectivity index is 0.000000531. The molecule has 0 aromatic heterocycles. The summed E-state index contributed by atoms with van der Waals surface area (Å²) in [6, 6.07) is 4.61. The minimum Gasteiger partial charge on any atom is -0.374 e. The molecule has 15 heavy (non-hydrogen) atoms. The topological polar surface area (TPSA) is 3.24 Å². The van der Waals surface area contributed by atoms with E-state index in [1.54, 1.807) is 0 Å². The molecule has 0 radical (unpaired) electrons. The van der Waals surface area contributed by atoms with Crippen molar-refractivity contribution in [3.05, 3.63) is 28.8 Å². The van der Waals surface area contributed by atoms with Crippen LogP contribution in [0.3, 0.4) is 0 Å². The quantitative estimate of drug-likeness (QED) is 0.624. The summed E-state index contributed by atoms with van der Waals surface area (Å²) in [5.74, 6) is 0. The van der Waals surface area contributed by atoms with Gasteiger partial charge in [-0.05, 0) is 37.8 Å². The summed E-state index contributed by atoms with van der Waals surface area (Å²) >= 11 is 0. The lowest BCUT2D eigenvalue weighted by Gasteiger charge is -2.29. The summed E-state index contributed by atoms with van der Waals surface area (Å²) in [5, 5.41) is 0. The molecular weight excluding hydrogens is 182 g/mol. The van der Waals surface area contributed by atoms with E-state index >= 15 is 0 Å². The van der Waals surface area contributed by atoms with Crippen LogP contribution in [0.5, 0.6) is 0 Å². The van der Waals surface area contributed by atoms with Crippen LogP contribution in [-0.2, 0) is 6.42 Å². The molecule has 0 spiro atoms. The molecule has 0 N–H and O–H groups in total. The van der Waals surface area contributed by atoms with Crippen molar-refractivity contribution >= 4 is 5.69 Å². The van der Waals surface area contributed by atoms with E-state index < -0.39 is 0 Å². The molecule has 1 heterocycles. The van der Waals surface area contributed by atoms with Crippen molar-refractivity contribution in [2.45, 2.75) is 40.5 Å². The maximum absolute atomic E-state index is 2.38. The summed E-state index contributed by atoms with van der Waals surface area (Å²) in [4.78, 5) is 2.38. The Hall–Kier alpha value is -0.980. The molecular formula is C14H23N. The molecule has 1 aromatic rings. The zero-order valence-corrected chi connectivity index (χ0v) is 10.7. The lowest BCUT2D eigenvalue weighted by molar-refractivity contribution is 0.741. The van der Waals surface area contributed by atoms with E-state index in [1.807, 2.05) is 13.8 Å². The van der Waals surface area contributed by atoms with Crippen molar-refractivity contribution in [1.29, 1.82) is 0 Å². The molecule has 1 heteroatoms. The second kappa shape index (κ2) is 5.20. The first-order valence-corrected chi connectivity index (χ1v) is 6.00. The highest BCUT2D eigenvalue weighted by Gasteiger charge is 2.15. The molecule has 0 saturated heterocycles. The van der Waals surface area contributed by atoms with Gasteiger partial charge in [0.15, 0.2) is 0 Å². The molecule has 0 amide bonds. The maximum atomic E-state index is 2.38. The second-order valence-electron chi connectivity index (χ2n) is 4.11. The zero-order chi connectivity index (χ0) is 11.4. The molecule has 0 unspecified atom stereocenters. The molecule has 84 valence electrons. The van der Waals surface area contributed by atoms with Crippen molar-refractivity contribution in [3.8, 4) is 0 Å². The fourth-order valence-corrected chi connectivity index (χ4v) is 2.40. The van der Waals surface area contributed by atoms with Crippen molar-refractivity contribution in [3.63, 3.8) is 0 Å². The minimum absolute atomic E-state index is 1.21. The van der Waals surface area contributed by atoms with Gasteiger partial charge in [0.2, 0.25) is 0 Å². The molecule has 0 bridgehead atoms. The Bertz CT molecular complexity index is 328. The number of fused-ring (bicyclic) bond motifs is 1. The molecule has 2 rings (SSSR count). The van der Waals surface area contributed by atoms with Gasteiger partial charge in [-0.1, -0.05) is 31.5 Å². The molecule has 1 nitrogen and oxygen atoms in total. The smallest absolute Gasteiger partial charge is 0.0426 e. The van der Waals surface area contributed by atoms with Crippen LogP contribution >= 0.6 is 0 Å². The van der Waals surface area contributed by atoms with E-state index in [-0.39, 0.29) is 0 Å². The normalized spacial score (nSPS) is 14.1. The van der Waals surface area contributed by atoms with E-state index in [2.05, 4.69) is 37.9 Å². The Morgan fingerprint density at radius 2 is 1.80 bits per heavy atom. The third-order valence-electron chi connectivity index (χ3n) is 2.85. The van der Waals surface area contributed by atoms with Crippen molar-refractivity contribution in [1.82, 2.24) is 0 Å². The summed E-state index contributed by atoms with van der Waals surface area (Å²) in [5.41, 5.74) is 5.83. The Morgan fingerprint density at radius 3 is 2.47 bits per heavy atom. The van der Waals surface area contributed by atoms with Gasteiger partial charge in [-0.2, -0.15) is 0 Å². The van der Waals surface area contributed by atoms with E-state index in [0.29, 0.717) is 0 Å². The highest BCUT2D eigenvalue weighted by atomic mass is 15.1. The standard InChI is InChI=1S/C12H17N.C2H6/c1-9-7-10(2)12-11(8-9)5-4-6-13(12)3;1-2/h7-8H,4-6H2,1-3H3;1-2H3. The number of nitrogens with zero attached hydrogens (tertiary/aromatic N) is 1. The molecule has 1 aromatic carbocycles. The maximum Gasteiger partial charge on any atom is 0.0426 e. The highest BCUT2D eigenvalue weighted by molar-refractivity contribution is 5.61. The Kier molecular flexibility index (Phi) is 4.19. The molecule has 1 aliphatic rings. The van der Waals surface area contributed by atoms with Gasteiger partial charge in [-0.3, -0.25) is 0 Å². The van der Waals surface area contributed by atoms with Crippen LogP contribution in [0.25, 0.3) is 0 Å². The van der Waals surface area contributed by atoms with Crippen molar-refractivity contribution in [2.75, 3.05) is 18.5 Å². The third-order valence-corrected chi connectivity index (χ3v) is 2.85. The molecule has 0 atom stereocenters.